The van der Waals surface area contributed by atoms with E-state index in [9.17, 15) is 88.2 Å². The molecular formula is C50H65F3N12O16S2. The first kappa shape index (κ1) is 64.8. The van der Waals surface area contributed by atoms with Crippen molar-refractivity contribution in [3.8, 4) is 11.8 Å². The third-order valence-corrected chi connectivity index (χ3v) is 15.4. The molecule has 3 fully saturated rings. The summed E-state index contributed by atoms with van der Waals surface area (Å²) >= 11 is 0. The van der Waals surface area contributed by atoms with E-state index in [0.717, 1.165) is 18.3 Å². The zero-order valence-electron chi connectivity index (χ0n) is 45.1. The predicted molar refractivity (Wildman–Crippen MR) is 287 cm³/mol. The van der Waals surface area contributed by atoms with Gasteiger partial charge < -0.3 is 44.8 Å². The number of benzene rings is 2. The van der Waals surface area contributed by atoms with Crippen LogP contribution in [0.3, 0.4) is 0 Å². The molecule has 4 heterocycles. The molecule has 6 rings (SSSR count). The summed E-state index contributed by atoms with van der Waals surface area (Å²) in [6, 6.07) is 7.99. The lowest BCUT2D eigenvalue weighted by atomic mass is 10.0. The minimum Gasteiger partial charge on any atom is -0.480 e. The Hall–Kier alpha value is -7.32. The molecule has 33 heteroatoms. The number of fused-ring (bicyclic) bond motifs is 1. The summed E-state index contributed by atoms with van der Waals surface area (Å²) in [5.41, 5.74) is 0.269. The van der Waals surface area contributed by atoms with Crippen LogP contribution in [0.5, 0.6) is 5.75 Å². The number of amides is 4. The molecule has 2 aromatic carbocycles. The maximum Gasteiger partial charge on any atom is 0.488 e. The van der Waals surface area contributed by atoms with Crippen molar-refractivity contribution in [3.05, 3.63) is 59.8 Å². The minimum absolute atomic E-state index is 0.0233. The van der Waals surface area contributed by atoms with Gasteiger partial charge in [0.2, 0.25) is 17.7 Å². The van der Waals surface area contributed by atoms with Crippen molar-refractivity contribution in [1.29, 1.82) is 5.26 Å². The van der Waals surface area contributed by atoms with E-state index in [4.69, 9.17) is 0 Å². The quantitative estimate of drug-likeness (QED) is 0.0477. The first-order valence-electron chi connectivity index (χ1n) is 26.1. The fourth-order valence-corrected chi connectivity index (χ4v) is 10.7. The van der Waals surface area contributed by atoms with E-state index in [0.29, 0.717) is 36.5 Å². The third-order valence-electron chi connectivity index (χ3n) is 14.1. The van der Waals surface area contributed by atoms with Crippen LogP contribution in [0.25, 0.3) is 10.9 Å². The van der Waals surface area contributed by atoms with E-state index in [1.807, 2.05) is 0 Å². The molecule has 0 radical (unpaired) electrons. The van der Waals surface area contributed by atoms with Crippen LogP contribution in [0, 0.1) is 11.3 Å². The maximum absolute atomic E-state index is 14.4. The second-order valence-corrected chi connectivity index (χ2v) is 22.6. The molecule has 0 aliphatic carbocycles. The van der Waals surface area contributed by atoms with Crippen molar-refractivity contribution in [2.45, 2.75) is 42.2 Å². The zero-order chi connectivity index (χ0) is 60.8. The third kappa shape index (κ3) is 19.9. The number of alkyl halides is 2. The number of nitrogens with one attached hydrogen (secondary N) is 2. The van der Waals surface area contributed by atoms with Gasteiger partial charge in [0.15, 0.2) is 5.75 Å². The Morgan fingerprint density at radius 3 is 1.83 bits per heavy atom. The number of carboxylic acids is 3. The van der Waals surface area contributed by atoms with E-state index in [-0.39, 0.29) is 127 Å². The summed E-state index contributed by atoms with van der Waals surface area (Å²) in [4.78, 5) is 106. The highest BCUT2D eigenvalue weighted by Gasteiger charge is 2.47. The SMILES string of the molecule is CN(CCCN1CCN(C(=O)[C@H](Cc2ccc(S(=O)(=O)O)cc2)NC(=O)CN2CCN(CC(=O)O)CCN(CC(=O)O)CCN(CC(=O)O)CC2)CC1)c1cc(OS(=O)(=O)F)c2nccc(C(=O)NCC(=O)N3CC(F)(F)C[C@H]3C#N)c2c1. The van der Waals surface area contributed by atoms with Gasteiger partial charge in [-0.05, 0) is 42.8 Å². The van der Waals surface area contributed by atoms with Crippen molar-refractivity contribution in [2.24, 2.45) is 0 Å². The Bertz CT molecular complexity index is 3100. The Kier molecular flexibility index (Phi) is 22.5. The van der Waals surface area contributed by atoms with E-state index in [2.05, 4.69) is 24.7 Å². The molecule has 0 bridgehead atoms. The molecule has 2 atom stereocenters. The Morgan fingerprint density at radius 1 is 0.795 bits per heavy atom. The van der Waals surface area contributed by atoms with Gasteiger partial charge in [0.1, 0.15) is 17.6 Å². The number of anilines is 1. The fraction of sp³-hybridized carbons (Fsp3) is 0.540. The number of nitrogens with zero attached hydrogens (tertiary/aromatic N) is 10. The van der Waals surface area contributed by atoms with Gasteiger partial charge in [-0.3, -0.25) is 67.6 Å². The number of aromatic nitrogens is 1. The Morgan fingerprint density at radius 2 is 1.33 bits per heavy atom. The summed E-state index contributed by atoms with van der Waals surface area (Å²) in [6.45, 7) is -0.206. The lowest BCUT2D eigenvalue weighted by Crippen LogP contribution is -2.57. The summed E-state index contributed by atoms with van der Waals surface area (Å²) < 4.78 is 103. The van der Waals surface area contributed by atoms with Crippen LogP contribution >= 0.6 is 0 Å². The van der Waals surface area contributed by atoms with Crippen LogP contribution in [0.2, 0.25) is 0 Å². The van der Waals surface area contributed by atoms with E-state index in [1.54, 1.807) is 42.5 Å². The molecule has 3 aliphatic heterocycles. The van der Waals surface area contributed by atoms with Crippen LogP contribution in [0.4, 0.5) is 18.4 Å². The van der Waals surface area contributed by atoms with Crippen LogP contribution < -0.4 is 19.7 Å². The van der Waals surface area contributed by atoms with Crippen molar-refractivity contribution in [3.63, 3.8) is 0 Å². The minimum atomic E-state index is -5.62. The highest BCUT2D eigenvalue weighted by Crippen LogP contribution is 2.34. The van der Waals surface area contributed by atoms with Gasteiger partial charge >= 0.3 is 28.4 Å². The smallest absolute Gasteiger partial charge is 0.480 e. The highest BCUT2D eigenvalue weighted by atomic mass is 32.3. The molecular weight excluding hydrogens is 1150 g/mol. The number of likely N-dealkylation sites (tertiary alicyclic amines) is 1. The van der Waals surface area contributed by atoms with Crippen molar-refractivity contribution < 1.29 is 87.1 Å². The number of piperazine rings is 1. The second-order valence-electron chi connectivity index (χ2n) is 20.3. The summed E-state index contributed by atoms with van der Waals surface area (Å²) in [6.07, 6.45) is 0.593. The number of carboxylic acid groups (broad SMARTS) is 3. The first-order chi connectivity index (χ1) is 39.1. The van der Waals surface area contributed by atoms with Gasteiger partial charge in [0, 0.05) is 128 Å². The number of hydrogen-bond acceptors (Lipinski definition) is 20. The maximum atomic E-state index is 14.4. The zero-order valence-corrected chi connectivity index (χ0v) is 46.8. The molecule has 1 aromatic heterocycles. The molecule has 0 spiro atoms. The van der Waals surface area contributed by atoms with Gasteiger partial charge in [-0.2, -0.15) is 22.1 Å². The molecule has 6 N–H and O–H groups in total. The van der Waals surface area contributed by atoms with Crippen molar-refractivity contribution in [1.82, 2.24) is 49.9 Å². The van der Waals surface area contributed by atoms with Gasteiger partial charge in [0.25, 0.3) is 21.9 Å². The van der Waals surface area contributed by atoms with Gasteiger partial charge in [-0.25, -0.2) is 8.78 Å². The number of pyridine rings is 1. The predicted octanol–water partition coefficient (Wildman–Crippen LogP) is -1.26. The molecule has 454 valence electrons. The number of carbonyl (C=O) groups excluding carboxylic acids is 4. The molecule has 4 amide bonds. The van der Waals surface area contributed by atoms with E-state index in [1.165, 1.54) is 30.3 Å². The molecule has 3 aliphatic rings. The number of hydrogen-bond donors (Lipinski definition) is 6. The number of aliphatic carboxylic acids is 3. The molecule has 0 saturated carbocycles. The average molecular weight is 1210 g/mol. The topological polar surface area (TPSA) is 365 Å². The van der Waals surface area contributed by atoms with E-state index < -0.39 is 110 Å². The number of nitriles is 1. The lowest BCUT2D eigenvalue weighted by Gasteiger charge is -2.37. The second kappa shape index (κ2) is 28.8. The summed E-state index contributed by atoms with van der Waals surface area (Å²) in [7, 11) is -8.56. The van der Waals surface area contributed by atoms with Crippen molar-refractivity contribution >= 4 is 78.7 Å². The first-order valence-corrected chi connectivity index (χ1v) is 28.9. The van der Waals surface area contributed by atoms with Crippen LogP contribution in [0.1, 0.15) is 28.8 Å². The van der Waals surface area contributed by atoms with E-state index >= 15 is 0 Å². The van der Waals surface area contributed by atoms with Crippen LogP contribution in [0.15, 0.2) is 53.6 Å². The molecule has 28 nitrogen and oxygen atoms in total. The molecule has 83 heavy (non-hydrogen) atoms. The average Bonchev–Trinajstić information content (AvgIpc) is 3.92. The lowest BCUT2D eigenvalue weighted by molar-refractivity contribution is -0.140. The normalized spacial score (nSPS) is 18.7. The summed E-state index contributed by atoms with van der Waals surface area (Å²) in [5.74, 6) is -10.2. The fourth-order valence-electron chi connectivity index (χ4n) is 9.88. The standard InChI is InChI=1S/C50H65F3N12O16S2/c1-58(35-24-39-38(7-8-55-47(39)41(25-35)81-83(53,79)80)48(74)56-28-43(67)65-33-50(51,52)26-36(65)27-54)9-2-10-59-19-21-64(22-20-59)49(75)40(23-34-3-5-37(6-4-34)82(76,77)78)57-42(66)29-60-11-13-61(30-44(68)69)15-17-63(32-46(72)73)18-16-62(14-12-60)31-45(70)71/h3-8,24-25,36,40H,2,9-23,26,28-33H2,1H3,(H,56,74)(H,57,66)(H,68,69)(H,70,71)(H,72,73)(H,76,77,78)/t36-,40-/m0/s1. The Labute approximate surface area is 476 Å². The number of halogens is 3. The highest BCUT2D eigenvalue weighted by molar-refractivity contribution is 7.85. The van der Waals surface area contributed by atoms with Gasteiger partial charge in [-0.1, -0.05) is 16.0 Å². The van der Waals surface area contributed by atoms with Crippen LogP contribution in [-0.4, -0.2) is 273 Å². The monoisotopic (exact) mass is 1210 g/mol. The summed E-state index contributed by atoms with van der Waals surface area (Å²) in [5, 5.41) is 43.2. The van der Waals surface area contributed by atoms with Gasteiger partial charge in [0.05, 0.1) is 55.8 Å². The molecule has 0 unspecified atom stereocenters. The van der Waals surface area contributed by atoms with Gasteiger partial charge in [-0.15, -0.1) is 0 Å². The number of rotatable bonds is 23. The largest absolute Gasteiger partial charge is 0.488 e. The Balaban J connectivity index is 1.11. The number of carbonyl (C=O) groups is 7. The molecule has 3 saturated heterocycles. The molecule has 3 aromatic rings. The van der Waals surface area contributed by atoms with Crippen molar-refractivity contribution in [2.75, 3.05) is 143 Å². The van der Waals surface area contributed by atoms with Crippen LogP contribution in [-0.2, 0) is 55.8 Å².